The first-order valence-corrected chi connectivity index (χ1v) is 8.50. The van der Waals surface area contributed by atoms with Gasteiger partial charge in [0.2, 0.25) is 0 Å². The van der Waals surface area contributed by atoms with Crippen LogP contribution in [0.4, 0.5) is 4.79 Å². The molecule has 0 aromatic carbocycles. The quantitative estimate of drug-likeness (QED) is 0.844. The van der Waals surface area contributed by atoms with Crippen molar-refractivity contribution in [2.45, 2.75) is 45.6 Å². The lowest BCUT2D eigenvalue weighted by molar-refractivity contribution is 0.0166. The molecule has 0 aliphatic carbocycles. The normalized spacial score (nSPS) is 19.0. The molecule has 0 bridgehead atoms. The maximum absolute atomic E-state index is 12.2. The van der Waals surface area contributed by atoms with Crippen molar-refractivity contribution in [1.29, 1.82) is 0 Å². The van der Waals surface area contributed by atoms with E-state index in [-0.39, 0.29) is 6.09 Å². The molecule has 2 rings (SSSR count). The van der Waals surface area contributed by atoms with E-state index in [1.165, 1.54) is 5.69 Å². The molecule has 1 saturated heterocycles. The lowest BCUT2D eigenvalue weighted by atomic mass is 9.98. The molecule has 6 heteroatoms. The third-order valence-electron chi connectivity index (χ3n) is 4.08. The van der Waals surface area contributed by atoms with Gasteiger partial charge in [0.25, 0.3) is 0 Å². The summed E-state index contributed by atoms with van der Waals surface area (Å²) in [4.78, 5) is 14.0. The molecule has 1 fully saturated rings. The highest BCUT2D eigenvalue weighted by Crippen LogP contribution is 2.18. The van der Waals surface area contributed by atoms with Crippen LogP contribution in [0, 0.1) is 5.92 Å². The Bertz CT molecular complexity index is 507. The van der Waals surface area contributed by atoms with E-state index in [0.29, 0.717) is 5.92 Å². The molecule has 6 nitrogen and oxygen atoms in total. The van der Waals surface area contributed by atoms with Crippen LogP contribution in [0.3, 0.4) is 0 Å². The topological polar surface area (TPSA) is 59.4 Å². The van der Waals surface area contributed by atoms with Gasteiger partial charge in [0.05, 0.1) is 0 Å². The van der Waals surface area contributed by atoms with E-state index in [2.05, 4.69) is 10.4 Å². The second kappa shape index (κ2) is 7.81. The summed E-state index contributed by atoms with van der Waals surface area (Å²) in [6.07, 6.45) is 4.83. The molecule has 1 aliphatic heterocycles. The summed E-state index contributed by atoms with van der Waals surface area (Å²) in [6, 6.07) is 2.05. The molecule has 1 unspecified atom stereocenters. The second-order valence-corrected chi connectivity index (χ2v) is 7.33. The largest absolute Gasteiger partial charge is 0.444 e. The van der Waals surface area contributed by atoms with Gasteiger partial charge in [0.1, 0.15) is 5.60 Å². The number of hydrogen-bond acceptors (Lipinski definition) is 4. The number of hydrogen-bond donors (Lipinski definition) is 1. The highest BCUT2D eigenvalue weighted by molar-refractivity contribution is 5.68. The summed E-state index contributed by atoms with van der Waals surface area (Å²) in [5.74, 6) is 0.503. The fraction of sp³-hybridized carbons (Fsp3) is 0.765. The number of nitrogens with one attached hydrogen (secondary N) is 1. The van der Waals surface area contributed by atoms with E-state index in [4.69, 9.17) is 4.74 Å². The van der Waals surface area contributed by atoms with Crippen LogP contribution in [0.25, 0.3) is 0 Å². The lowest BCUT2D eigenvalue weighted by Gasteiger charge is -2.34. The Morgan fingerprint density at radius 1 is 1.48 bits per heavy atom. The Balaban J connectivity index is 1.69. The Morgan fingerprint density at radius 3 is 2.91 bits per heavy atom. The van der Waals surface area contributed by atoms with Crippen molar-refractivity contribution >= 4 is 6.09 Å². The predicted octanol–water partition coefficient (Wildman–Crippen LogP) is 2.20. The van der Waals surface area contributed by atoms with Crippen LogP contribution >= 0.6 is 0 Å². The van der Waals surface area contributed by atoms with Gasteiger partial charge in [-0.05, 0) is 52.1 Å². The Labute approximate surface area is 139 Å². The Kier molecular flexibility index (Phi) is 6.04. The average Bonchev–Trinajstić information content (AvgIpc) is 2.88. The minimum atomic E-state index is -0.425. The minimum Gasteiger partial charge on any atom is -0.444 e. The summed E-state index contributed by atoms with van der Waals surface area (Å²) < 4.78 is 7.38. The molecule has 1 aromatic rings. The zero-order chi connectivity index (χ0) is 16.9. The second-order valence-electron chi connectivity index (χ2n) is 7.33. The number of nitrogens with zero attached hydrogens (tertiary/aromatic N) is 3. The average molecular weight is 322 g/mol. The van der Waals surface area contributed by atoms with Crippen molar-refractivity contribution in [2.75, 3.05) is 26.2 Å². The van der Waals surface area contributed by atoms with Crippen LogP contribution < -0.4 is 5.32 Å². The molecule has 1 amide bonds. The van der Waals surface area contributed by atoms with Crippen molar-refractivity contribution in [1.82, 2.24) is 20.0 Å². The zero-order valence-corrected chi connectivity index (χ0v) is 14.8. The van der Waals surface area contributed by atoms with E-state index in [1.54, 1.807) is 0 Å². The first-order valence-electron chi connectivity index (χ1n) is 8.50. The van der Waals surface area contributed by atoms with E-state index in [1.807, 2.05) is 49.7 Å². The smallest absolute Gasteiger partial charge is 0.410 e. The van der Waals surface area contributed by atoms with Gasteiger partial charge >= 0.3 is 6.09 Å². The van der Waals surface area contributed by atoms with Crippen molar-refractivity contribution < 1.29 is 9.53 Å². The molecule has 2 heterocycles. The molecule has 0 saturated carbocycles. The van der Waals surface area contributed by atoms with Gasteiger partial charge in [0.15, 0.2) is 0 Å². The summed E-state index contributed by atoms with van der Waals surface area (Å²) in [5.41, 5.74) is 0.808. The Hall–Kier alpha value is -1.56. The zero-order valence-electron chi connectivity index (χ0n) is 14.8. The maximum Gasteiger partial charge on any atom is 0.410 e. The molecule has 1 atom stereocenters. The number of likely N-dealkylation sites (tertiary alicyclic amines) is 1. The monoisotopic (exact) mass is 322 g/mol. The lowest BCUT2D eigenvalue weighted by Crippen LogP contribution is -2.45. The predicted molar refractivity (Wildman–Crippen MR) is 90.3 cm³/mol. The van der Waals surface area contributed by atoms with Crippen LogP contribution in [0.15, 0.2) is 12.3 Å². The number of carbonyl (C=O) groups excluding carboxylic acids is 1. The van der Waals surface area contributed by atoms with Gasteiger partial charge in [-0.3, -0.25) is 4.68 Å². The van der Waals surface area contributed by atoms with Crippen LogP contribution in [0.1, 0.15) is 39.3 Å². The molecule has 1 aromatic heterocycles. The maximum atomic E-state index is 12.2. The van der Waals surface area contributed by atoms with Crippen LogP contribution in [-0.4, -0.2) is 52.6 Å². The van der Waals surface area contributed by atoms with Crippen molar-refractivity contribution in [3.8, 4) is 0 Å². The molecule has 0 spiro atoms. The highest BCUT2D eigenvalue weighted by atomic mass is 16.6. The number of carbonyl (C=O) groups is 1. The number of amides is 1. The van der Waals surface area contributed by atoms with Gasteiger partial charge in [-0.1, -0.05) is 0 Å². The number of aromatic nitrogens is 2. The minimum absolute atomic E-state index is 0.183. The SMILES string of the molecule is Cn1nccc1CCNCC1CCCN(C(=O)OC(C)(C)C)C1. The van der Waals surface area contributed by atoms with Crippen molar-refractivity contribution in [2.24, 2.45) is 13.0 Å². The third kappa shape index (κ3) is 5.86. The number of piperidine rings is 1. The van der Waals surface area contributed by atoms with E-state index < -0.39 is 5.60 Å². The molecular weight excluding hydrogens is 292 g/mol. The summed E-state index contributed by atoms with van der Waals surface area (Å²) in [6.45, 7) is 9.19. The standard InChI is InChI=1S/C17H30N4O2/c1-17(2,3)23-16(22)21-11-5-6-14(13-21)12-18-9-7-15-8-10-19-20(15)4/h8,10,14,18H,5-7,9,11-13H2,1-4H3. The molecule has 130 valence electrons. The third-order valence-corrected chi connectivity index (χ3v) is 4.08. The fourth-order valence-corrected chi connectivity index (χ4v) is 2.89. The van der Waals surface area contributed by atoms with Crippen molar-refractivity contribution in [3.05, 3.63) is 18.0 Å². The van der Waals surface area contributed by atoms with Gasteiger partial charge < -0.3 is 15.0 Å². The van der Waals surface area contributed by atoms with E-state index in [9.17, 15) is 4.79 Å². The fourth-order valence-electron chi connectivity index (χ4n) is 2.89. The summed E-state index contributed by atoms with van der Waals surface area (Å²) in [5, 5.41) is 7.68. The molecular formula is C17H30N4O2. The summed E-state index contributed by atoms with van der Waals surface area (Å²) in [7, 11) is 1.97. The summed E-state index contributed by atoms with van der Waals surface area (Å²) >= 11 is 0. The van der Waals surface area contributed by atoms with Crippen LogP contribution in [-0.2, 0) is 18.2 Å². The first kappa shape index (κ1) is 17.8. The molecule has 1 N–H and O–H groups in total. The number of aryl methyl sites for hydroxylation is 1. The Morgan fingerprint density at radius 2 is 2.26 bits per heavy atom. The van der Waals surface area contributed by atoms with Crippen LogP contribution in [0.5, 0.6) is 0 Å². The molecule has 0 radical (unpaired) electrons. The van der Waals surface area contributed by atoms with Gasteiger partial charge in [0, 0.05) is 45.0 Å². The molecule has 1 aliphatic rings. The molecule has 23 heavy (non-hydrogen) atoms. The van der Waals surface area contributed by atoms with E-state index >= 15 is 0 Å². The number of rotatable bonds is 5. The van der Waals surface area contributed by atoms with Crippen LogP contribution in [0.2, 0.25) is 0 Å². The van der Waals surface area contributed by atoms with Gasteiger partial charge in [-0.2, -0.15) is 5.10 Å². The van der Waals surface area contributed by atoms with Gasteiger partial charge in [-0.15, -0.1) is 0 Å². The highest BCUT2D eigenvalue weighted by Gasteiger charge is 2.27. The van der Waals surface area contributed by atoms with Crippen molar-refractivity contribution in [3.63, 3.8) is 0 Å². The van der Waals surface area contributed by atoms with Gasteiger partial charge in [-0.25, -0.2) is 4.79 Å². The first-order chi connectivity index (χ1) is 10.8. The van der Waals surface area contributed by atoms with E-state index in [0.717, 1.165) is 45.4 Å². The number of ether oxygens (including phenoxy) is 1.